The second-order valence-electron chi connectivity index (χ2n) is 6.33. The van der Waals surface area contributed by atoms with Crippen LogP contribution in [0, 0.1) is 11.7 Å². The Morgan fingerprint density at radius 2 is 2.12 bits per heavy atom. The summed E-state index contributed by atoms with van der Waals surface area (Å²) in [7, 11) is 0. The molecule has 8 heteroatoms. The largest absolute Gasteiger partial charge is 0.370 e. The number of guanidine groups is 1. The lowest BCUT2D eigenvalue weighted by molar-refractivity contribution is 0.277. The van der Waals surface area contributed by atoms with E-state index in [1.807, 2.05) is 6.07 Å². The van der Waals surface area contributed by atoms with E-state index >= 15 is 0 Å². The molecule has 25 heavy (non-hydrogen) atoms. The highest BCUT2D eigenvalue weighted by molar-refractivity contribution is 14.0. The number of aliphatic imine (C=N–C) groups is 1. The minimum absolute atomic E-state index is 0. The monoisotopic (exact) mass is 458 g/mol. The summed E-state index contributed by atoms with van der Waals surface area (Å²) < 4.78 is 14.9. The van der Waals surface area contributed by atoms with Crippen molar-refractivity contribution in [3.05, 3.63) is 47.8 Å². The maximum Gasteiger partial charge on any atom is 0.191 e. The van der Waals surface area contributed by atoms with Gasteiger partial charge in [0.2, 0.25) is 0 Å². The Bertz CT molecular complexity index is 709. The van der Waals surface area contributed by atoms with Crippen molar-refractivity contribution >= 4 is 29.9 Å². The average molecular weight is 458 g/mol. The maximum absolute atomic E-state index is 13.2. The molecular weight excluding hydrogens is 434 g/mol. The Kier molecular flexibility index (Phi) is 7.15. The van der Waals surface area contributed by atoms with Crippen LogP contribution >= 0.6 is 24.0 Å². The van der Waals surface area contributed by atoms with Gasteiger partial charge in [-0.2, -0.15) is 5.10 Å². The van der Waals surface area contributed by atoms with E-state index in [2.05, 4.69) is 26.9 Å². The first-order valence-electron chi connectivity index (χ1n) is 8.28. The maximum atomic E-state index is 13.2. The summed E-state index contributed by atoms with van der Waals surface area (Å²) in [5.74, 6) is 1.68. The van der Waals surface area contributed by atoms with E-state index < -0.39 is 0 Å². The number of rotatable bonds is 4. The van der Waals surface area contributed by atoms with Gasteiger partial charge in [0.15, 0.2) is 11.8 Å². The van der Waals surface area contributed by atoms with E-state index in [0.29, 0.717) is 24.9 Å². The van der Waals surface area contributed by atoms with Gasteiger partial charge in [0.05, 0.1) is 6.54 Å². The second-order valence-corrected chi connectivity index (χ2v) is 6.33. The van der Waals surface area contributed by atoms with E-state index in [1.165, 1.54) is 12.1 Å². The average Bonchev–Trinajstić information content (AvgIpc) is 3.01. The number of piperidine rings is 1. The fourth-order valence-electron chi connectivity index (χ4n) is 2.79. The molecule has 1 saturated heterocycles. The van der Waals surface area contributed by atoms with E-state index in [0.717, 1.165) is 37.4 Å². The third-order valence-corrected chi connectivity index (χ3v) is 4.31. The highest BCUT2D eigenvalue weighted by Gasteiger charge is 2.17. The van der Waals surface area contributed by atoms with Gasteiger partial charge in [0, 0.05) is 13.1 Å². The van der Waals surface area contributed by atoms with Gasteiger partial charge in [-0.25, -0.2) is 19.0 Å². The summed E-state index contributed by atoms with van der Waals surface area (Å²) in [6, 6.07) is 6.47. The zero-order valence-electron chi connectivity index (χ0n) is 14.3. The fourth-order valence-corrected chi connectivity index (χ4v) is 2.79. The van der Waals surface area contributed by atoms with Crippen LogP contribution in [0.3, 0.4) is 0 Å². The lowest BCUT2D eigenvalue weighted by atomic mass is 10.00. The summed E-state index contributed by atoms with van der Waals surface area (Å²) in [6.07, 6.45) is 3.93. The zero-order valence-corrected chi connectivity index (χ0v) is 16.6. The Hall–Kier alpha value is -1.71. The molecule has 0 amide bonds. The molecule has 0 aliphatic carbocycles. The van der Waals surface area contributed by atoms with Crippen molar-refractivity contribution in [3.8, 4) is 0 Å². The van der Waals surface area contributed by atoms with Gasteiger partial charge in [-0.3, -0.25) is 0 Å². The van der Waals surface area contributed by atoms with Crippen molar-refractivity contribution in [1.82, 2.24) is 19.7 Å². The van der Waals surface area contributed by atoms with Crippen LogP contribution in [0.15, 0.2) is 35.6 Å². The Morgan fingerprint density at radius 1 is 1.36 bits per heavy atom. The Balaban J connectivity index is 0.00000225. The lowest BCUT2D eigenvalue weighted by Crippen LogP contribution is -2.42. The predicted molar refractivity (Wildman–Crippen MR) is 106 cm³/mol. The molecule has 2 aromatic rings. The van der Waals surface area contributed by atoms with Crippen LogP contribution in [0.2, 0.25) is 0 Å². The van der Waals surface area contributed by atoms with E-state index in [9.17, 15) is 4.39 Å². The van der Waals surface area contributed by atoms with Crippen molar-refractivity contribution in [2.45, 2.75) is 32.9 Å². The molecule has 1 aliphatic heterocycles. The van der Waals surface area contributed by atoms with Crippen LogP contribution in [-0.2, 0) is 13.1 Å². The lowest BCUT2D eigenvalue weighted by Gasteiger charge is -2.30. The molecule has 0 bridgehead atoms. The van der Waals surface area contributed by atoms with E-state index in [4.69, 9.17) is 5.73 Å². The first-order valence-corrected chi connectivity index (χ1v) is 8.28. The molecule has 0 spiro atoms. The molecule has 3 rings (SSSR count). The van der Waals surface area contributed by atoms with Crippen LogP contribution in [0.25, 0.3) is 0 Å². The number of nitrogens with zero attached hydrogens (tertiary/aromatic N) is 5. The van der Waals surface area contributed by atoms with Crippen LogP contribution in [0.1, 0.15) is 31.2 Å². The third kappa shape index (κ3) is 5.65. The number of aromatic nitrogens is 3. The highest BCUT2D eigenvalue weighted by Crippen LogP contribution is 2.15. The molecule has 2 heterocycles. The first-order chi connectivity index (χ1) is 11.6. The normalized spacial score (nSPS) is 15.9. The van der Waals surface area contributed by atoms with Gasteiger partial charge in [-0.15, -0.1) is 24.0 Å². The minimum Gasteiger partial charge on any atom is -0.370 e. The van der Waals surface area contributed by atoms with Crippen molar-refractivity contribution in [2.75, 3.05) is 13.1 Å². The molecule has 2 N–H and O–H groups in total. The molecule has 0 saturated carbocycles. The summed E-state index contributed by atoms with van der Waals surface area (Å²) in [5, 5.41) is 4.37. The molecule has 0 radical (unpaired) electrons. The topological polar surface area (TPSA) is 72.3 Å². The number of nitrogens with two attached hydrogens (primary N) is 1. The molecular formula is C17H24FIN6. The summed E-state index contributed by atoms with van der Waals surface area (Å²) in [4.78, 5) is 10.8. The number of benzene rings is 1. The van der Waals surface area contributed by atoms with Crippen LogP contribution in [0.4, 0.5) is 4.39 Å². The summed E-state index contributed by atoms with van der Waals surface area (Å²) >= 11 is 0. The molecule has 1 fully saturated rings. The van der Waals surface area contributed by atoms with E-state index in [-0.39, 0.29) is 29.8 Å². The molecule has 1 aromatic carbocycles. The number of halogens is 2. The summed E-state index contributed by atoms with van der Waals surface area (Å²) in [6.45, 7) is 5.01. The van der Waals surface area contributed by atoms with Gasteiger partial charge in [0.25, 0.3) is 0 Å². The molecule has 0 unspecified atom stereocenters. The first kappa shape index (κ1) is 19.6. The molecule has 0 atom stereocenters. The van der Waals surface area contributed by atoms with Crippen molar-refractivity contribution in [3.63, 3.8) is 0 Å². The highest BCUT2D eigenvalue weighted by atomic mass is 127. The number of likely N-dealkylation sites (tertiary alicyclic amines) is 1. The van der Waals surface area contributed by atoms with Gasteiger partial charge < -0.3 is 10.6 Å². The molecule has 1 aliphatic rings. The molecule has 136 valence electrons. The van der Waals surface area contributed by atoms with E-state index in [1.54, 1.807) is 17.1 Å². The molecule has 6 nitrogen and oxygen atoms in total. The fraction of sp³-hybridized carbons (Fsp3) is 0.471. The Morgan fingerprint density at radius 3 is 2.84 bits per heavy atom. The van der Waals surface area contributed by atoms with Crippen LogP contribution in [-0.4, -0.2) is 38.7 Å². The summed E-state index contributed by atoms with van der Waals surface area (Å²) in [5.41, 5.74) is 6.90. The van der Waals surface area contributed by atoms with Crippen LogP contribution in [0.5, 0.6) is 0 Å². The van der Waals surface area contributed by atoms with Gasteiger partial charge >= 0.3 is 0 Å². The van der Waals surface area contributed by atoms with Crippen LogP contribution < -0.4 is 5.73 Å². The number of hydrogen-bond donors (Lipinski definition) is 1. The Labute approximate surface area is 164 Å². The third-order valence-electron chi connectivity index (χ3n) is 4.31. The van der Waals surface area contributed by atoms with Gasteiger partial charge in [-0.1, -0.05) is 19.1 Å². The second kappa shape index (κ2) is 9.12. The minimum atomic E-state index is -0.249. The van der Waals surface area contributed by atoms with Crippen molar-refractivity contribution < 1.29 is 4.39 Å². The van der Waals surface area contributed by atoms with Crippen molar-refractivity contribution in [2.24, 2.45) is 16.6 Å². The standard InChI is InChI=1S/C17H23FN6.HI/c1-13-5-7-23(8-6-13)17(19)20-10-16-21-12-24(22-16)11-14-3-2-4-15(18)9-14;/h2-4,9,12-13H,5-8,10-11H2,1H3,(H2,19,20);1H. The van der Waals surface area contributed by atoms with Gasteiger partial charge in [-0.05, 0) is 36.5 Å². The number of hydrogen-bond acceptors (Lipinski definition) is 3. The zero-order chi connectivity index (χ0) is 16.9. The molecule has 1 aromatic heterocycles. The SMILES string of the molecule is CC1CCN(C(N)=NCc2ncn(Cc3cccc(F)c3)n2)CC1.I. The predicted octanol–water partition coefficient (Wildman–Crippen LogP) is 2.63. The van der Waals surface area contributed by atoms with Gasteiger partial charge in [0.1, 0.15) is 18.7 Å². The quantitative estimate of drug-likeness (QED) is 0.435. The smallest absolute Gasteiger partial charge is 0.191 e. The van der Waals surface area contributed by atoms with Crippen molar-refractivity contribution in [1.29, 1.82) is 0 Å².